The fourth-order valence-electron chi connectivity index (χ4n) is 1.41. The lowest BCUT2D eigenvalue weighted by molar-refractivity contribution is 0.0500. The Morgan fingerprint density at radius 3 is 2.94 bits per heavy atom. The number of nitrogens with one attached hydrogen (secondary N) is 1. The van der Waals surface area contributed by atoms with Crippen LogP contribution >= 0.6 is 0 Å². The number of halogens is 1. The summed E-state index contributed by atoms with van der Waals surface area (Å²) in [6.07, 6.45) is 1.79. The summed E-state index contributed by atoms with van der Waals surface area (Å²) < 4.78 is 17.4. The number of carbonyl (C=O) groups is 1. The summed E-state index contributed by atoms with van der Waals surface area (Å²) >= 11 is 0. The lowest BCUT2D eigenvalue weighted by atomic mass is 10.1. The second-order valence-corrected chi connectivity index (χ2v) is 3.69. The van der Waals surface area contributed by atoms with Gasteiger partial charge in [0, 0.05) is 0 Å². The molecule has 0 spiro atoms. The lowest BCUT2D eigenvalue weighted by Crippen LogP contribution is -2.07. The van der Waals surface area contributed by atoms with E-state index in [1.54, 1.807) is 12.1 Å². The number of anilines is 1. The first kappa shape index (κ1) is 14.2. The minimum Gasteiger partial charge on any atom is -0.462 e. The second-order valence-electron chi connectivity index (χ2n) is 3.69. The molecular formula is C13H17FN2O2. The van der Waals surface area contributed by atoms with E-state index in [2.05, 4.69) is 17.0 Å². The molecule has 0 saturated carbocycles. The van der Waals surface area contributed by atoms with Crippen LogP contribution in [-0.4, -0.2) is 26.1 Å². The Hall–Kier alpha value is -1.91. The number of alkyl halides is 1. The Morgan fingerprint density at radius 1 is 1.56 bits per heavy atom. The highest BCUT2D eigenvalue weighted by Crippen LogP contribution is 2.26. The van der Waals surface area contributed by atoms with Gasteiger partial charge < -0.3 is 10.1 Å². The van der Waals surface area contributed by atoms with E-state index in [-0.39, 0.29) is 0 Å². The van der Waals surface area contributed by atoms with Gasteiger partial charge in [-0.05, 0) is 31.3 Å². The van der Waals surface area contributed by atoms with E-state index in [0.717, 1.165) is 12.8 Å². The maximum Gasteiger partial charge on any atom is 0.338 e. The van der Waals surface area contributed by atoms with Gasteiger partial charge in [0.1, 0.15) is 0 Å². The molecule has 0 aliphatic rings. The molecule has 4 nitrogen and oxygen atoms in total. The van der Waals surface area contributed by atoms with E-state index >= 15 is 0 Å². The fourth-order valence-corrected chi connectivity index (χ4v) is 1.41. The van der Waals surface area contributed by atoms with Gasteiger partial charge in [-0.2, -0.15) is 0 Å². The van der Waals surface area contributed by atoms with Gasteiger partial charge in [-0.1, -0.05) is 13.3 Å². The molecule has 18 heavy (non-hydrogen) atoms. The highest BCUT2D eigenvalue weighted by molar-refractivity contribution is 5.92. The van der Waals surface area contributed by atoms with Crippen molar-refractivity contribution in [3.05, 3.63) is 23.8 Å². The first-order valence-corrected chi connectivity index (χ1v) is 5.80. The molecule has 0 aliphatic heterocycles. The predicted molar refractivity (Wildman–Crippen MR) is 70.4 cm³/mol. The van der Waals surface area contributed by atoms with E-state index in [9.17, 15) is 9.18 Å². The maximum absolute atomic E-state index is 12.3. The average Bonchev–Trinajstić information content (AvgIpc) is 2.39. The largest absolute Gasteiger partial charge is 0.462 e. The van der Waals surface area contributed by atoms with Crippen LogP contribution in [0.15, 0.2) is 23.2 Å². The number of rotatable bonds is 7. The van der Waals surface area contributed by atoms with Gasteiger partial charge >= 0.3 is 5.97 Å². The van der Waals surface area contributed by atoms with Crippen molar-refractivity contribution in [3.63, 3.8) is 0 Å². The zero-order chi connectivity index (χ0) is 13.4. The Labute approximate surface area is 106 Å². The van der Waals surface area contributed by atoms with Crippen molar-refractivity contribution in [2.45, 2.75) is 19.8 Å². The van der Waals surface area contributed by atoms with Crippen LogP contribution < -0.4 is 5.32 Å². The van der Waals surface area contributed by atoms with E-state index in [1.807, 2.05) is 6.92 Å². The van der Waals surface area contributed by atoms with Crippen molar-refractivity contribution in [1.82, 2.24) is 0 Å². The number of unbranched alkanes of at least 4 members (excludes halogenated alkanes) is 1. The van der Waals surface area contributed by atoms with Crippen LogP contribution in [0.3, 0.4) is 0 Å². The van der Waals surface area contributed by atoms with Gasteiger partial charge in [-0.15, -0.1) is 0 Å². The van der Waals surface area contributed by atoms with E-state index in [1.165, 1.54) is 6.07 Å². The molecule has 1 aromatic carbocycles. The van der Waals surface area contributed by atoms with Crippen molar-refractivity contribution in [3.8, 4) is 0 Å². The molecule has 0 bridgehead atoms. The summed E-state index contributed by atoms with van der Waals surface area (Å²) in [7, 11) is 0. The molecule has 0 unspecified atom stereocenters. The highest BCUT2D eigenvalue weighted by atomic mass is 19.1. The van der Waals surface area contributed by atoms with Crippen LogP contribution in [0.2, 0.25) is 0 Å². The Morgan fingerprint density at radius 2 is 2.33 bits per heavy atom. The lowest BCUT2D eigenvalue weighted by Gasteiger charge is -2.08. The zero-order valence-corrected chi connectivity index (χ0v) is 10.4. The molecule has 1 rings (SSSR count). The van der Waals surface area contributed by atoms with Crippen LogP contribution in [0.1, 0.15) is 30.1 Å². The van der Waals surface area contributed by atoms with Crippen LogP contribution in [0, 0.1) is 0 Å². The van der Waals surface area contributed by atoms with Crippen molar-refractivity contribution in [1.29, 1.82) is 0 Å². The molecule has 0 aliphatic carbocycles. The molecule has 5 heteroatoms. The fraction of sp³-hybridized carbons (Fsp3) is 0.385. The smallest absolute Gasteiger partial charge is 0.338 e. The normalized spacial score (nSPS) is 9.89. The quantitative estimate of drug-likeness (QED) is 0.350. The van der Waals surface area contributed by atoms with Gasteiger partial charge in [0.2, 0.25) is 0 Å². The third-order valence-electron chi connectivity index (χ3n) is 2.39. The number of esters is 1. The van der Waals surface area contributed by atoms with E-state index in [0.29, 0.717) is 23.5 Å². The number of ether oxygens (including phenoxy) is 1. The van der Waals surface area contributed by atoms with Crippen LogP contribution in [0.25, 0.3) is 0 Å². The van der Waals surface area contributed by atoms with Crippen LogP contribution in [0.5, 0.6) is 0 Å². The number of nitrogens with zero attached hydrogens (tertiary/aromatic N) is 1. The molecule has 0 aromatic heterocycles. The van der Waals surface area contributed by atoms with Gasteiger partial charge in [0.15, 0.2) is 6.80 Å². The predicted octanol–water partition coefficient (Wildman–Crippen LogP) is 3.31. The summed E-state index contributed by atoms with van der Waals surface area (Å²) in [6, 6.07) is 4.70. The number of hydrogen-bond acceptors (Lipinski definition) is 4. The monoisotopic (exact) mass is 252 g/mol. The minimum absolute atomic E-state index is 0.370. The Balaban J connectivity index is 2.79. The van der Waals surface area contributed by atoms with Crippen molar-refractivity contribution in [2.24, 2.45) is 4.99 Å². The highest BCUT2D eigenvalue weighted by Gasteiger charge is 2.10. The molecule has 1 N–H and O–H groups in total. The minimum atomic E-state index is -0.739. The van der Waals surface area contributed by atoms with Gasteiger partial charge in [0.25, 0.3) is 0 Å². The zero-order valence-electron chi connectivity index (χ0n) is 10.4. The maximum atomic E-state index is 12.3. The van der Waals surface area contributed by atoms with Crippen molar-refractivity contribution >= 4 is 24.1 Å². The van der Waals surface area contributed by atoms with Gasteiger partial charge in [-0.25, -0.2) is 9.18 Å². The van der Waals surface area contributed by atoms with Gasteiger partial charge in [0.05, 0.1) is 23.5 Å². The number of hydrogen-bond donors (Lipinski definition) is 1. The number of benzene rings is 1. The molecule has 0 radical (unpaired) electrons. The summed E-state index contributed by atoms with van der Waals surface area (Å²) in [5.74, 6) is -0.416. The van der Waals surface area contributed by atoms with Crippen LogP contribution in [0.4, 0.5) is 15.8 Å². The standard InChI is InChI=1S/C13H17FN2O2/c1-3-4-7-18-13(17)10-5-6-11(15-2)12(8-10)16-9-14/h5-6,8,16H,2-4,7,9H2,1H3. The summed E-state index contributed by atoms with van der Waals surface area (Å²) in [6.45, 7) is 5.05. The molecule has 0 saturated heterocycles. The number of aliphatic imine (C=N–C) groups is 1. The summed E-state index contributed by atoms with van der Waals surface area (Å²) in [4.78, 5) is 15.4. The SMILES string of the molecule is C=Nc1ccc(C(=O)OCCCC)cc1NCF. The second kappa shape index (κ2) is 7.42. The third kappa shape index (κ3) is 3.84. The molecule has 0 fully saturated rings. The first-order valence-electron chi connectivity index (χ1n) is 5.80. The molecular weight excluding hydrogens is 235 g/mol. The van der Waals surface area contributed by atoms with Crippen molar-refractivity contribution < 1.29 is 13.9 Å². The number of carbonyl (C=O) groups excluding carboxylic acids is 1. The molecule has 1 aromatic rings. The Bertz CT molecular complexity index is 421. The molecule has 0 amide bonds. The molecule has 0 heterocycles. The average molecular weight is 252 g/mol. The molecule has 0 atom stereocenters. The topological polar surface area (TPSA) is 50.7 Å². The third-order valence-corrected chi connectivity index (χ3v) is 2.39. The van der Waals surface area contributed by atoms with Gasteiger partial charge in [-0.3, -0.25) is 4.99 Å². The summed E-state index contributed by atoms with van der Waals surface area (Å²) in [5.41, 5.74) is 1.30. The van der Waals surface area contributed by atoms with Crippen molar-refractivity contribution in [2.75, 3.05) is 18.7 Å². The first-order chi connectivity index (χ1) is 8.72. The van der Waals surface area contributed by atoms with E-state index < -0.39 is 12.8 Å². The summed E-state index contributed by atoms with van der Waals surface area (Å²) in [5, 5.41) is 2.48. The van der Waals surface area contributed by atoms with E-state index in [4.69, 9.17) is 4.74 Å². The Kier molecular flexibility index (Phi) is 5.84. The van der Waals surface area contributed by atoms with Crippen LogP contribution in [-0.2, 0) is 4.74 Å². The molecule has 98 valence electrons.